The van der Waals surface area contributed by atoms with Gasteiger partial charge in [0.15, 0.2) is 0 Å². The molecule has 0 radical (unpaired) electrons. The minimum absolute atomic E-state index is 0.103. The van der Waals surface area contributed by atoms with Crippen LogP contribution in [0.3, 0.4) is 0 Å². The third kappa shape index (κ3) is 5.53. The van der Waals surface area contributed by atoms with Crippen molar-refractivity contribution in [2.24, 2.45) is 0 Å². The van der Waals surface area contributed by atoms with Crippen LogP contribution in [0.2, 0.25) is 0 Å². The first-order valence-corrected chi connectivity index (χ1v) is 10.1. The highest BCUT2D eigenvalue weighted by atomic mass is 16.4. The van der Waals surface area contributed by atoms with E-state index >= 15 is 0 Å². The molecule has 0 saturated carbocycles. The lowest BCUT2D eigenvalue weighted by molar-refractivity contribution is -0.138. The van der Waals surface area contributed by atoms with E-state index < -0.39 is 5.97 Å². The summed E-state index contributed by atoms with van der Waals surface area (Å²) in [4.78, 5) is 29.9. The van der Waals surface area contributed by atoms with Crippen molar-refractivity contribution in [3.63, 3.8) is 0 Å². The van der Waals surface area contributed by atoms with Crippen LogP contribution in [0.25, 0.3) is 0 Å². The highest BCUT2D eigenvalue weighted by molar-refractivity contribution is 5.94. The largest absolute Gasteiger partial charge is 0.480 e. The van der Waals surface area contributed by atoms with Crippen LogP contribution in [0, 0.1) is 0 Å². The minimum atomic E-state index is -0.768. The maximum atomic E-state index is 12.7. The van der Waals surface area contributed by atoms with Crippen LogP contribution in [0.15, 0.2) is 24.3 Å². The summed E-state index contributed by atoms with van der Waals surface area (Å²) in [5.41, 5.74) is 1.97. The van der Waals surface area contributed by atoms with Crippen LogP contribution in [0.1, 0.15) is 48.0 Å². The number of carboxylic acid groups (broad SMARTS) is 1. The van der Waals surface area contributed by atoms with Gasteiger partial charge in [-0.2, -0.15) is 0 Å². The fraction of sp³-hybridized carbons (Fsp3) is 0.619. The molecular formula is C21H31N3O3. The molecule has 1 N–H and O–H groups in total. The summed E-state index contributed by atoms with van der Waals surface area (Å²) in [6, 6.07) is 8.38. The van der Waals surface area contributed by atoms with Gasteiger partial charge in [0.05, 0.1) is 6.54 Å². The predicted molar refractivity (Wildman–Crippen MR) is 105 cm³/mol. The maximum absolute atomic E-state index is 12.7. The van der Waals surface area contributed by atoms with Crippen molar-refractivity contribution < 1.29 is 14.7 Å². The standard InChI is InChI=1S/C21H31N3O3/c1-22(16-20(25)26)19-8-12-23(13-9-19)15-17-6-5-7-18(14-17)21(27)24-10-3-2-4-11-24/h5-7,14,19H,2-4,8-13,15-16H2,1H3,(H,25,26). The first kappa shape index (κ1) is 19.8. The minimum Gasteiger partial charge on any atom is -0.480 e. The Bertz CT molecular complexity index is 650. The van der Waals surface area contributed by atoms with Crippen molar-refractivity contribution >= 4 is 11.9 Å². The number of likely N-dealkylation sites (N-methyl/N-ethyl adjacent to an activating group) is 1. The zero-order chi connectivity index (χ0) is 19.2. The zero-order valence-corrected chi connectivity index (χ0v) is 16.3. The van der Waals surface area contributed by atoms with Gasteiger partial charge in [-0.05, 0) is 69.9 Å². The van der Waals surface area contributed by atoms with E-state index in [0.29, 0.717) is 6.04 Å². The Morgan fingerprint density at radius 3 is 2.48 bits per heavy atom. The summed E-state index contributed by atoms with van der Waals surface area (Å²) >= 11 is 0. The van der Waals surface area contributed by atoms with Gasteiger partial charge in [-0.3, -0.25) is 19.4 Å². The first-order chi connectivity index (χ1) is 13.0. The number of benzene rings is 1. The average molecular weight is 373 g/mol. The molecule has 2 fully saturated rings. The number of carboxylic acids is 1. The highest BCUT2D eigenvalue weighted by Gasteiger charge is 2.24. The molecule has 27 heavy (non-hydrogen) atoms. The Labute approximate surface area is 161 Å². The summed E-state index contributed by atoms with van der Waals surface area (Å²) in [6.45, 7) is 4.61. The van der Waals surface area contributed by atoms with Crippen LogP contribution in [0.5, 0.6) is 0 Å². The molecule has 0 spiro atoms. The summed E-state index contributed by atoms with van der Waals surface area (Å²) in [7, 11) is 1.89. The van der Waals surface area contributed by atoms with E-state index in [9.17, 15) is 9.59 Å². The molecule has 0 aliphatic carbocycles. The van der Waals surface area contributed by atoms with Gasteiger partial charge in [-0.15, -0.1) is 0 Å². The van der Waals surface area contributed by atoms with E-state index in [-0.39, 0.29) is 12.5 Å². The van der Waals surface area contributed by atoms with Gasteiger partial charge in [0, 0.05) is 31.2 Å². The number of amides is 1. The van der Waals surface area contributed by atoms with Crippen LogP contribution in [0.4, 0.5) is 0 Å². The molecule has 1 amide bonds. The van der Waals surface area contributed by atoms with Crippen molar-refractivity contribution in [2.75, 3.05) is 39.8 Å². The second kappa shape index (κ2) is 9.33. The molecule has 2 aliphatic rings. The van der Waals surface area contributed by atoms with Crippen molar-refractivity contribution in [1.82, 2.24) is 14.7 Å². The number of nitrogens with zero attached hydrogens (tertiary/aromatic N) is 3. The molecule has 0 atom stereocenters. The van der Waals surface area contributed by atoms with Crippen molar-refractivity contribution in [1.29, 1.82) is 0 Å². The van der Waals surface area contributed by atoms with Crippen LogP contribution < -0.4 is 0 Å². The summed E-state index contributed by atoms with van der Waals surface area (Å²) < 4.78 is 0. The molecule has 6 heteroatoms. The molecular weight excluding hydrogens is 342 g/mol. The lowest BCUT2D eigenvalue weighted by Crippen LogP contribution is -2.44. The molecule has 2 aliphatic heterocycles. The van der Waals surface area contributed by atoms with Gasteiger partial charge in [0.1, 0.15) is 0 Å². The highest BCUT2D eigenvalue weighted by Crippen LogP contribution is 2.19. The summed E-state index contributed by atoms with van der Waals surface area (Å²) in [5, 5.41) is 8.94. The van der Waals surface area contributed by atoms with E-state index in [2.05, 4.69) is 11.0 Å². The normalized spacial score (nSPS) is 19.4. The lowest BCUT2D eigenvalue weighted by Gasteiger charge is -2.36. The fourth-order valence-corrected chi connectivity index (χ4v) is 4.20. The molecule has 0 unspecified atom stereocenters. The topological polar surface area (TPSA) is 64.1 Å². The number of hydrogen-bond acceptors (Lipinski definition) is 4. The maximum Gasteiger partial charge on any atom is 0.317 e. The van der Waals surface area contributed by atoms with Gasteiger partial charge in [-0.25, -0.2) is 0 Å². The molecule has 1 aromatic carbocycles. The first-order valence-electron chi connectivity index (χ1n) is 10.1. The Morgan fingerprint density at radius 1 is 1.11 bits per heavy atom. The number of rotatable bonds is 6. The zero-order valence-electron chi connectivity index (χ0n) is 16.3. The molecule has 0 bridgehead atoms. The fourth-order valence-electron chi connectivity index (χ4n) is 4.20. The van der Waals surface area contributed by atoms with E-state index in [0.717, 1.165) is 64.0 Å². The average Bonchev–Trinajstić information content (AvgIpc) is 2.68. The van der Waals surface area contributed by atoms with Gasteiger partial charge in [-0.1, -0.05) is 12.1 Å². The van der Waals surface area contributed by atoms with Gasteiger partial charge < -0.3 is 10.0 Å². The Balaban J connectivity index is 1.53. The summed E-state index contributed by atoms with van der Waals surface area (Å²) in [6.07, 6.45) is 5.40. The van der Waals surface area contributed by atoms with Gasteiger partial charge in [0.2, 0.25) is 0 Å². The lowest BCUT2D eigenvalue weighted by atomic mass is 10.0. The number of aliphatic carboxylic acids is 1. The number of carbonyl (C=O) groups is 2. The van der Waals surface area contributed by atoms with Crippen molar-refractivity contribution in [3.05, 3.63) is 35.4 Å². The SMILES string of the molecule is CN(CC(=O)O)C1CCN(Cc2cccc(C(=O)N3CCCCC3)c2)CC1. The van der Waals surface area contributed by atoms with E-state index in [1.165, 1.54) is 12.0 Å². The van der Waals surface area contributed by atoms with Crippen molar-refractivity contribution in [2.45, 2.75) is 44.7 Å². The predicted octanol–water partition coefficient (Wildman–Crippen LogP) is 2.29. The molecule has 3 rings (SSSR count). The molecule has 0 aromatic heterocycles. The van der Waals surface area contributed by atoms with Gasteiger partial charge >= 0.3 is 5.97 Å². The van der Waals surface area contributed by atoms with E-state index in [4.69, 9.17) is 5.11 Å². The van der Waals surface area contributed by atoms with Crippen LogP contribution in [-0.4, -0.2) is 77.5 Å². The number of piperidine rings is 2. The number of likely N-dealkylation sites (tertiary alicyclic amines) is 2. The van der Waals surface area contributed by atoms with E-state index in [1.54, 1.807) is 0 Å². The molecule has 148 valence electrons. The van der Waals surface area contributed by atoms with Crippen molar-refractivity contribution in [3.8, 4) is 0 Å². The molecule has 2 saturated heterocycles. The third-order valence-electron chi connectivity index (χ3n) is 5.79. The monoisotopic (exact) mass is 373 g/mol. The summed E-state index contributed by atoms with van der Waals surface area (Å²) in [5.74, 6) is -0.610. The third-order valence-corrected chi connectivity index (χ3v) is 5.79. The Morgan fingerprint density at radius 2 is 1.81 bits per heavy atom. The molecule has 2 heterocycles. The van der Waals surface area contributed by atoms with Crippen LogP contribution in [-0.2, 0) is 11.3 Å². The second-order valence-electron chi connectivity index (χ2n) is 7.87. The molecule has 6 nitrogen and oxygen atoms in total. The number of hydrogen-bond donors (Lipinski definition) is 1. The Hall–Kier alpha value is -1.92. The van der Waals surface area contributed by atoms with Crippen LogP contribution >= 0.6 is 0 Å². The quantitative estimate of drug-likeness (QED) is 0.829. The van der Waals surface area contributed by atoms with E-state index in [1.807, 2.05) is 35.0 Å². The second-order valence-corrected chi connectivity index (χ2v) is 7.87. The Kier molecular flexibility index (Phi) is 6.85. The molecule has 1 aromatic rings. The number of carbonyl (C=O) groups excluding carboxylic acids is 1. The van der Waals surface area contributed by atoms with Gasteiger partial charge in [0.25, 0.3) is 5.91 Å². The smallest absolute Gasteiger partial charge is 0.317 e.